The molecule has 0 bridgehead atoms. The van der Waals surface area contributed by atoms with E-state index in [9.17, 15) is 13.2 Å². The Morgan fingerprint density at radius 3 is 2.38 bits per heavy atom. The first kappa shape index (κ1) is 16.4. The summed E-state index contributed by atoms with van der Waals surface area (Å²) in [5, 5.41) is 3.01. The maximum absolute atomic E-state index is 12.8. The predicted octanol–water partition coefficient (Wildman–Crippen LogP) is 6.15. The first-order valence-corrected chi connectivity index (χ1v) is 7.71. The van der Waals surface area contributed by atoms with Gasteiger partial charge in [0, 0.05) is 21.2 Å². The minimum absolute atomic E-state index is 0.393. The molecule has 0 heterocycles. The number of benzene rings is 2. The molecule has 112 valence electrons. The van der Waals surface area contributed by atoms with Gasteiger partial charge in [0.25, 0.3) is 0 Å². The van der Waals surface area contributed by atoms with Gasteiger partial charge in [-0.25, -0.2) is 0 Å². The molecule has 0 spiro atoms. The Balaban J connectivity index is 2.16. The molecule has 0 fully saturated rings. The van der Waals surface area contributed by atoms with Gasteiger partial charge in [-0.05, 0) is 42.3 Å². The van der Waals surface area contributed by atoms with Crippen molar-refractivity contribution >= 4 is 37.5 Å². The van der Waals surface area contributed by atoms with Crippen molar-refractivity contribution in [3.63, 3.8) is 0 Å². The van der Waals surface area contributed by atoms with Gasteiger partial charge in [0.15, 0.2) is 0 Å². The van der Waals surface area contributed by atoms with Gasteiger partial charge in [0.2, 0.25) is 0 Å². The molecule has 0 aliphatic heterocycles. The summed E-state index contributed by atoms with van der Waals surface area (Å²) in [4.78, 5) is 0. The topological polar surface area (TPSA) is 12.0 Å². The summed E-state index contributed by atoms with van der Waals surface area (Å²) in [7, 11) is 0. The van der Waals surface area contributed by atoms with Crippen LogP contribution in [0.4, 0.5) is 18.9 Å². The molecule has 1 N–H and O–H groups in total. The lowest BCUT2D eigenvalue weighted by Gasteiger charge is -2.12. The first-order valence-electron chi connectivity index (χ1n) is 6.12. The predicted molar refractivity (Wildman–Crippen MR) is 85.3 cm³/mol. The molecule has 0 atom stereocenters. The number of rotatable bonds is 3. The SMILES string of the molecule is Cc1ccc(CNc2cc(Br)cc(C(F)(F)F)c2)cc1Br. The Bertz CT molecular complexity index is 654. The fourth-order valence-corrected chi connectivity index (χ4v) is 2.73. The number of hydrogen-bond acceptors (Lipinski definition) is 1. The lowest BCUT2D eigenvalue weighted by atomic mass is 10.1. The van der Waals surface area contributed by atoms with E-state index in [-0.39, 0.29) is 0 Å². The van der Waals surface area contributed by atoms with Crippen LogP contribution in [0.5, 0.6) is 0 Å². The number of nitrogens with one attached hydrogen (secondary N) is 1. The highest BCUT2D eigenvalue weighted by atomic mass is 79.9. The summed E-state index contributed by atoms with van der Waals surface area (Å²) in [5.74, 6) is 0. The number of anilines is 1. The van der Waals surface area contributed by atoms with Crippen molar-refractivity contribution in [1.29, 1.82) is 0 Å². The lowest BCUT2D eigenvalue weighted by molar-refractivity contribution is -0.137. The van der Waals surface area contributed by atoms with Gasteiger partial charge in [0.1, 0.15) is 0 Å². The summed E-state index contributed by atoms with van der Waals surface area (Å²) in [6.07, 6.45) is -4.35. The van der Waals surface area contributed by atoms with E-state index in [0.29, 0.717) is 16.7 Å². The maximum Gasteiger partial charge on any atom is 0.416 e. The minimum atomic E-state index is -4.35. The average Bonchev–Trinajstić information content (AvgIpc) is 2.38. The molecule has 2 aromatic carbocycles. The van der Waals surface area contributed by atoms with E-state index in [1.165, 1.54) is 0 Å². The average molecular weight is 423 g/mol. The summed E-state index contributed by atoms with van der Waals surface area (Å²) in [6.45, 7) is 2.43. The van der Waals surface area contributed by atoms with Crippen molar-refractivity contribution < 1.29 is 13.2 Å². The van der Waals surface area contributed by atoms with Crippen molar-refractivity contribution in [2.75, 3.05) is 5.32 Å². The second kappa shape index (κ2) is 6.40. The largest absolute Gasteiger partial charge is 0.416 e. The molecule has 0 aromatic heterocycles. The number of alkyl halides is 3. The summed E-state index contributed by atoms with van der Waals surface area (Å²) in [6, 6.07) is 9.64. The third-order valence-corrected chi connectivity index (χ3v) is 4.27. The monoisotopic (exact) mass is 421 g/mol. The molecule has 0 unspecified atom stereocenters. The van der Waals surface area contributed by atoms with Gasteiger partial charge in [-0.2, -0.15) is 13.2 Å². The second-order valence-corrected chi connectivity index (χ2v) is 6.43. The maximum atomic E-state index is 12.8. The molecule has 0 saturated heterocycles. The Morgan fingerprint density at radius 1 is 1.05 bits per heavy atom. The van der Waals surface area contributed by atoms with Crippen LogP contribution in [0.15, 0.2) is 45.3 Å². The summed E-state index contributed by atoms with van der Waals surface area (Å²) in [5.41, 5.74) is 1.85. The molecular weight excluding hydrogens is 411 g/mol. The lowest BCUT2D eigenvalue weighted by Crippen LogP contribution is -2.07. The van der Waals surface area contributed by atoms with E-state index in [4.69, 9.17) is 0 Å². The zero-order chi connectivity index (χ0) is 15.6. The molecular formula is C15H12Br2F3N. The molecule has 6 heteroatoms. The number of halogens is 5. The molecule has 0 radical (unpaired) electrons. The molecule has 0 saturated carbocycles. The van der Waals surface area contributed by atoms with Crippen LogP contribution in [0, 0.1) is 6.92 Å². The summed E-state index contributed by atoms with van der Waals surface area (Å²) >= 11 is 6.54. The fraction of sp³-hybridized carbons (Fsp3) is 0.200. The highest BCUT2D eigenvalue weighted by Crippen LogP contribution is 2.33. The van der Waals surface area contributed by atoms with Gasteiger partial charge in [-0.1, -0.05) is 44.0 Å². The van der Waals surface area contributed by atoms with E-state index in [2.05, 4.69) is 37.2 Å². The zero-order valence-electron chi connectivity index (χ0n) is 11.1. The fourth-order valence-electron chi connectivity index (χ4n) is 1.81. The molecule has 1 nitrogen and oxygen atoms in total. The van der Waals surface area contributed by atoms with Crippen LogP contribution in [0.25, 0.3) is 0 Å². The van der Waals surface area contributed by atoms with Crippen molar-refractivity contribution in [3.05, 3.63) is 62.0 Å². The van der Waals surface area contributed by atoms with Crippen LogP contribution in [0.3, 0.4) is 0 Å². The second-order valence-electron chi connectivity index (χ2n) is 4.66. The Hall–Kier alpha value is -1.01. The van der Waals surface area contributed by atoms with Crippen LogP contribution >= 0.6 is 31.9 Å². The van der Waals surface area contributed by atoms with E-state index in [1.54, 1.807) is 6.07 Å². The molecule has 21 heavy (non-hydrogen) atoms. The molecule has 2 aromatic rings. The van der Waals surface area contributed by atoms with Crippen LogP contribution in [-0.2, 0) is 12.7 Å². The zero-order valence-corrected chi connectivity index (χ0v) is 14.2. The van der Waals surface area contributed by atoms with E-state index >= 15 is 0 Å². The quantitative estimate of drug-likeness (QED) is 0.625. The highest BCUT2D eigenvalue weighted by molar-refractivity contribution is 9.10. The van der Waals surface area contributed by atoms with Crippen molar-refractivity contribution in [3.8, 4) is 0 Å². The van der Waals surface area contributed by atoms with Crippen LogP contribution in [0.2, 0.25) is 0 Å². The van der Waals surface area contributed by atoms with E-state index in [1.807, 2.05) is 25.1 Å². The van der Waals surface area contributed by atoms with Crippen LogP contribution in [0.1, 0.15) is 16.7 Å². The smallest absolute Gasteiger partial charge is 0.381 e. The van der Waals surface area contributed by atoms with Gasteiger partial charge >= 0.3 is 6.18 Å². The Morgan fingerprint density at radius 2 is 1.76 bits per heavy atom. The molecule has 2 rings (SSSR count). The molecule has 0 amide bonds. The number of hydrogen-bond donors (Lipinski definition) is 1. The highest BCUT2D eigenvalue weighted by Gasteiger charge is 2.31. The van der Waals surface area contributed by atoms with Gasteiger partial charge in [-0.15, -0.1) is 0 Å². The third kappa shape index (κ3) is 4.48. The normalized spacial score (nSPS) is 11.5. The minimum Gasteiger partial charge on any atom is -0.381 e. The standard InChI is InChI=1S/C15H12Br2F3N/c1-9-2-3-10(4-14(9)17)8-21-13-6-11(15(18,19)20)5-12(16)7-13/h2-7,21H,8H2,1H3. The van der Waals surface area contributed by atoms with E-state index < -0.39 is 11.7 Å². The first-order chi connectivity index (χ1) is 9.75. The Kier molecular flexibility index (Phi) is 4.99. The van der Waals surface area contributed by atoms with Crippen LogP contribution in [-0.4, -0.2) is 0 Å². The van der Waals surface area contributed by atoms with Crippen molar-refractivity contribution in [2.45, 2.75) is 19.6 Å². The van der Waals surface area contributed by atoms with Gasteiger partial charge < -0.3 is 5.32 Å². The van der Waals surface area contributed by atoms with E-state index in [0.717, 1.165) is 27.7 Å². The Labute approximate surface area is 137 Å². The van der Waals surface area contributed by atoms with Gasteiger partial charge in [-0.3, -0.25) is 0 Å². The summed E-state index contributed by atoms with van der Waals surface area (Å²) < 4.78 is 39.6. The van der Waals surface area contributed by atoms with Crippen LogP contribution < -0.4 is 5.32 Å². The molecule has 0 aliphatic rings. The van der Waals surface area contributed by atoms with Gasteiger partial charge in [0.05, 0.1) is 5.56 Å². The van der Waals surface area contributed by atoms with Crippen molar-refractivity contribution in [1.82, 2.24) is 0 Å². The van der Waals surface area contributed by atoms with Crippen molar-refractivity contribution in [2.24, 2.45) is 0 Å². The molecule has 0 aliphatic carbocycles. The third-order valence-electron chi connectivity index (χ3n) is 2.96. The number of aryl methyl sites for hydroxylation is 1.